The van der Waals surface area contributed by atoms with E-state index in [-0.39, 0.29) is 5.91 Å². The fourth-order valence-electron chi connectivity index (χ4n) is 2.00. The first-order chi connectivity index (χ1) is 11.2. The summed E-state index contributed by atoms with van der Waals surface area (Å²) in [6.45, 7) is 0.527. The van der Waals surface area contributed by atoms with Gasteiger partial charge in [-0.05, 0) is 41.8 Å². The number of aromatic nitrogens is 1. The van der Waals surface area contributed by atoms with Gasteiger partial charge < -0.3 is 10.6 Å². The molecule has 0 saturated carbocycles. The van der Waals surface area contributed by atoms with E-state index in [2.05, 4.69) is 15.6 Å². The van der Waals surface area contributed by atoms with Crippen molar-refractivity contribution < 1.29 is 4.79 Å². The first-order valence-corrected chi connectivity index (χ1v) is 8.26. The Labute approximate surface area is 143 Å². The molecule has 2 N–H and O–H groups in total. The number of benzene rings is 1. The second kappa shape index (κ2) is 7.26. The molecule has 6 heteroatoms. The van der Waals surface area contributed by atoms with Crippen molar-refractivity contribution in [3.63, 3.8) is 0 Å². The Hall–Kier alpha value is -2.37. The van der Waals surface area contributed by atoms with Gasteiger partial charge in [-0.3, -0.25) is 4.79 Å². The Bertz CT molecular complexity index is 788. The third-order valence-corrected chi connectivity index (χ3v) is 4.24. The van der Waals surface area contributed by atoms with Crippen molar-refractivity contribution in [2.24, 2.45) is 0 Å². The molecule has 0 fully saturated rings. The molecular weight excluding hydrogens is 330 g/mol. The van der Waals surface area contributed by atoms with Crippen LogP contribution in [0, 0.1) is 0 Å². The fraction of sp³-hybridized carbons (Fsp3) is 0.0588. The Morgan fingerprint density at radius 3 is 2.78 bits per heavy atom. The SMILES string of the molecule is O=C(NCc1cccs1)c1ccc(Nc2cccc(Cl)c2)nc1. The average Bonchev–Trinajstić information content (AvgIpc) is 3.07. The van der Waals surface area contributed by atoms with Gasteiger partial charge in [0.1, 0.15) is 5.82 Å². The molecule has 0 aliphatic rings. The number of hydrogen-bond acceptors (Lipinski definition) is 4. The van der Waals surface area contributed by atoms with Gasteiger partial charge in [-0.15, -0.1) is 11.3 Å². The maximum Gasteiger partial charge on any atom is 0.253 e. The van der Waals surface area contributed by atoms with E-state index < -0.39 is 0 Å². The largest absolute Gasteiger partial charge is 0.347 e. The molecule has 2 heterocycles. The number of nitrogens with one attached hydrogen (secondary N) is 2. The predicted octanol–water partition coefficient (Wildman–Crippen LogP) is 4.47. The van der Waals surface area contributed by atoms with Crippen molar-refractivity contribution in [1.82, 2.24) is 10.3 Å². The van der Waals surface area contributed by atoms with Crippen molar-refractivity contribution >= 4 is 40.4 Å². The highest BCUT2D eigenvalue weighted by Crippen LogP contribution is 2.19. The third kappa shape index (κ3) is 4.31. The van der Waals surface area contributed by atoms with Crippen molar-refractivity contribution in [3.8, 4) is 0 Å². The Balaban J connectivity index is 1.61. The van der Waals surface area contributed by atoms with Crippen LogP contribution < -0.4 is 10.6 Å². The van der Waals surface area contributed by atoms with E-state index in [1.54, 1.807) is 35.7 Å². The molecule has 0 spiro atoms. The van der Waals surface area contributed by atoms with E-state index in [0.717, 1.165) is 10.6 Å². The topological polar surface area (TPSA) is 54.0 Å². The van der Waals surface area contributed by atoms with Crippen LogP contribution in [0.1, 0.15) is 15.2 Å². The van der Waals surface area contributed by atoms with Crippen molar-refractivity contribution in [2.75, 3.05) is 5.32 Å². The predicted molar refractivity (Wildman–Crippen MR) is 94.5 cm³/mol. The van der Waals surface area contributed by atoms with Gasteiger partial charge in [0.15, 0.2) is 0 Å². The number of amides is 1. The van der Waals surface area contributed by atoms with E-state index in [9.17, 15) is 4.79 Å². The number of carbonyl (C=O) groups is 1. The summed E-state index contributed by atoms with van der Waals surface area (Å²) in [5, 5.41) is 8.65. The number of carbonyl (C=O) groups excluding carboxylic acids is 1. The molecule has 116 valence electrons. The summed E-state index contributed by atoms with van der Waals surface area (Å²) in [7, 11) is 0. The molecule has 23 heavy (non-hydrogen) atoms. The molecule has 3 aromatic rings. The fourth-order valence-corrected chi connectivity index (χ4v) is 2.83. The Morgan fingerprint density at radius 1 is 1.17 bits per heavy atom. The lowest BCUT2D eigenvalue weighted by molar-refractivity contribution is 0.0951. The standard InChI is InChI=1S/C17H14ClN3OS/c18-13-3-1-4-14(9-13)21-16-7-6-12(10-19-16)17(22)20-11-15-5-2-8-23-15/h1-10H,11H2,(H,19,21)(H,20,22). The van der Waals surface area contributed by atoms with Crippen LogP contribution in [-0.2, 0) is 6.54 Å². The summed E-state index contributed by atoms with van der Waals surface area (Å²) in [5.41, 5.74) is 1.37. The van der Waals surface area contributed by atoms with Crippen molar-refractivity contribution in [1.29, 1.82) is 0 Å². The number of anilines is 2. The molecule has 0 radical (unpaired) electrons. The number of thiophene rings is 1. The zero-order valence-corrected chi connectivity index (χ0v) is 13.7. The minimum Gasteiger partial charge on any atom is -0.347 e. The lowest BCUT2D eigenvalue weighted by atomic mass is 10.2. The van der Waals surface area contributed by atoms with Crippen LogP contribution in [0.5, 0.6) is 0 Å². The van der Waals surface area contributed by atoms with E-state index in [1.165, 1.54) is 0 Å². The lowest BCUT2D eigenvalue weighted by Crippen LogP contribution is -2.22. The lowest BCUT2D eigenvalue weighted by Gasteiger charge is -2.07. The van der Waals surface area contributed by atoms with Gasteiger partial charge in [-0.2, -0.15) is 0 Å². The number of hydrogen-bond donors (Lipinski definition) is 2. The molecule has 0 bridgehead atoms. The summed E-state index contributed by atoms with van der Waals surface area (Å²) in [4.78, 5) is 17.4. The van der Waals surface area contributed by atoms with Crippen LogP contribution in [0.4, 0.5) is 11.5 Å². The van der Waals surface area contributed by atoms with E-state index in [4.69, 9.17) is 11.6 Å². The maximum absolute atomic E-state index is 12.1. The third-order valence-electron chi connectivity index (χ3n) is 3.13. The van der Waals surface area contributed by atoms with Gasteiger partial charge in [0.05, 0.1) is 12.1 Å². The molecule has 0 unspecified atom stereocenters. The Morgan fingerprint density at radius 2 is 2.09 bits per heavy atom. The zero-order chi connectivity index (χ0) is 16.1. The first kappa shape index (κ1) is 15.5. The smallest absolute Gasteiger partial charge is 0.253 e. The van der Waals surface area contributed by atoms with Gasteiger partial charge in [-0.25, -0.2) is 4.98 Å². The Kier molecular flexibility index (Phi) is 4.90. The second-order valence-electron chi connectivity index (χ2n) is 4.83. The number of pyridine rings is 1. The summed E-state index contributed by atoms with van der Waals surface area (Å²) in [6, 6.07) is 14.8. The van der Waals surface area contributed by atoms with Crippen LogP contribution in [-0.4, -0.2) is 10.9 Å². The van der Waals surface area contributed by atoms with Crippen LogP contribution in [0.15, 0.2) is 60.1 Å². The highest BCUT2D eigenvalue weighted by molar-refractivity contribution is 7.09. The summed E-state index contributed by atoms with van der Waals surface area (Å²) >= 11 is 7.56. The first-order valence-electron chi connectivity index (χ1n) is 7.00. The van der Waals surface area contributed by atoms with E-state index >= 15 is 0 Å². The van der Waals surface area contributed by atoms with Gasteiger partial charge >= 0.3 is 0 Å². The molecule has 0 aliphatic carbocycles. The van der Waals surface area contributed by atoms with Gasteiger partial charge in [-0.1, -0.05) is 23.7 Å². The minimum absolute atomic E-state index is 0.139. The van der Waals surface area contributed by atoms with Crippen molar-refractivity contribution in [2.45, 2.75) is 6.54 Å². The summed E-state index contributed by atoms with van der Waals surface area (Å²) in [5.74, 6) is 0.516. The molecule has 1 aromatic carbocycles. The highest BCUT2D eigenvalue weighted by atomic mass is 35.5. The van der Waals surface area contributed by atoms with Gasteiger partial charge in [0.25, 0.3) is 5.91 Å². The van der Waals surface area contributed by atoms with Crippen LogP contribution in [0.25, 0.3) is 0 Å². The van der Waals surface area contributed by atoms with E-state index in [0.29, 0.717) is 22.9 Å². The summed E-state index contributed by atoms with van der Waals surface area (Å²) < 4.78 is 0. The van der Waals surface area contributed by atoms with Crippen LogP contribution in [0.3, 0.4) is 0 Å². The van der Waals surface area contributed by atoms with Gasteiger partial charge in [0, 0.05) is 21.8 Å². The normalized spacial score (nSPS) is 10.3. The van der Waals surface area contributed by atoms with Crippen molar-refractivity contribution in [3.05, 3.63) is 75.6 Å². The number of halogens is 1. The summed E-state index contributed by atoms with van der Waals surface area (Å²) in [6.07, 6.45) is 1.55. The molecule has 0 saturated heterocycles. The van der Waals surface area contributed by atoms with Gasteiger partial charge in [0.2, 0.25) is 0 Å². The maximum atomic E-state index is 12.1. The monoisotopic (exact) mass is 343 g/mol. The molecule has 0 atom stereocenters. The highest BCUT2D eigenvalue weighted by Gasteiger charge is 2.06. The quantitative estimate of drug-likeness (QED) is 0.718. The van der Waals surface area contributed by atoms with E-state index in [1.807, 2.05) is 35.7 Å². The molecule has 0 aliphatic heterocycles. The molecule has 4 nitrogen and oxygen atoms in total. The zero-order valence-electron chi connectivity index (χ0n) is 12.1. The molecular formula is C17H14ClN3OS. The van der Waals surface area contributed by atoms with Crippen LogP contribution in [0.2, 0.25) is 5.02 Å². The number of nitrogens with zero attached hydrogens (tertiary/aromatic N) is 1. The average molecular weight is 344 g/mol. The number of rotatable bonds is 5. The van der Waals surface area contributed by atoms with Crippen LogP contribution >= 0.6 is 22.9 Å². The minimum atomic E-state index is -0.139. The molecule has 3 rings (SSSR count). The second-order valence-corrected chi connectivity index (χ2v) is 6.30. The molecule has 1 amide bonds. The molecule has 2 aromatic heterocycles.